The number of thioether (sulfide) groups is 1. The second-order valence-electron chi connectivity index (χ2n) is 10.6. The second kappa shape index (κ2) is 14.6. The van der Waals surface area contributed by atoms with Gasteiger partial charge in [-0.15, -0.1) is 0 Å². The third kappa shape index (κ3) is 7.16. The number of amidine groups is 1. The van der Waals surface area contributed by atoms with E-state index in [-0.39, 0.29) is 37.4 Å². The highest BCUT2D eigenvalue weighted by molar-refractivity contribution is 8.16. The number of benzene rings is 2. The van der Waals surface area contributed by atoms with Crippen LogP contribution in [0, 0.1) is 5.92 Å². The number of piperidine rings is 1. The summed E-state index contributed by atoms with van der Waals surface area (Å²) < 4.78 is 22.0. The maximum absolute atomic E-state index is 13.5. The van der Waals surface area contributed by atoms with Gasteiger partial charge in [0.05, 0.1) is 42.9 Å². The number of nitrogens with zero attached hydrogens (tertiary/aromatic N) is 3. The van der Waals surface area contributed by atoms with Gasteiger partial charge in [0.1, 0.15) is 18.1 Å². The van der Waals surface area contributed by atoms with Crippen molar-refractivity contribution >= 4 is 34.8 Å². The Bertz CT molecular complexity index is 1460. The van der Waals surface area contributed by atoms with Crippen LogP contribution in [0.4, 0.5) is 0 Å². The minimum Gasteiger partial charge on any atom is -0.466 e. The lowest BCUT2D eigenvalue weighted by Gasteiger charge is -2.37. The minimum absolute atomic E-state index is 0.0455. The molecule has 11 heteroatoms. The number of methoxy groups -OCH3 is 1. The Morgan fingerprint density at radius 1 is 0.977 bits per heavy atom. The molecule has 1 fully saturated rings. The van der Waals surface area contributed by atoms with Crippen LogP contribution in [-0.4, -0.2) is 72.8 Å². The summed E-state index contributed by atoms with van der Waals surface area (Å²) in [5.41, 5.74) is 2.46. The van der Waals surface area contributed by atoms with Gasteiger partial charge in [-0.2, -0.15) is 0 Å². The lowest BCUT2D eigenvalue weighted by molar-refractivity contribution is -0.151. The largest absolute Gasteiger partial charge is 0.466 e. The highest BCUT2D eigenvalue weighted by Crippen LogP contribution is 2.45. The van der Waals surface area contributed by atoms with Gasteiger partial charge < -0.3 is 28.7 Å². The van der Waals surface area contributed by atoms with Crippen LogP contribution >= 0.6 is 11.8 Å². The number of esters is 2. The molecule has 2 aromatic carbocycles. The number of para-hydroxylation sites is 1. The van der Waals surface area contributed by atoms with Crippen molar-refractivity contribution in [3.05, 3.63) is 82.5 Å². The molecule has 10 nitrogen and oxygen atoms in total. The molecular formula is C33H37N3O7S. The first kappa shape index (κ1) is 31.3. The van der Waals surface area contributed by atoms with E-state index in [0.29, 0.717) is 60.5 Å². The number of rotatable bonds is 11. The molecular weight excluding hydrogens is 582 g/mol. The molecule has 5 rings (SSSR count). The SMILES string of the molecule is CCOC(=O)C1CCN(C(=O)CC2=CSC3=NC(C)=C(C(=O)OCCOC)[C@@H](c4cccc(Oc5ccccc5)c4)N23)CC1. The zero-order chi connectivity index (χ0) is 31.1. The van der Waals surface area contributed by atoms with Gasteiger partial charge in [-0.25, -0.2) is 9.79 Å². The Hall–Kier alpha value is -4.09. The van der Waals surface area contributed by atoms with Gasteiger partial charge in [-0.3, -0.25) is 9.59 Å². The van der Waals surface area contributed by atoms with Crippen molar-refractivity contribution in [1.29, 1.82) is 0 Å². The van der Waals surface area contributed by atoms with E-state index in [9.17, 15) is 14.4 Å². The van der Waals surface area contributed by atoms with E-state index >= 15 is 0 Å². The topological polar surface area (TPSA) is 107 Å². The summed E-state index contributed by atoms with van der Waals surface area (Å²) >= 11 is 1.42. The standard InChI is InChI=1S/C33H37N3O7S/c1-4-41-31(38)23-13-15-35(16-14-23)28(37)20-25-21-44-33-34-22(2)29(32(39)42-18-17-40-3)30(36(25)33)24-9-8-12-27(19-24)43-26-10-6-5-7-11-26/h5-12,19,21,23,30H,4,13-18,20H2,1-3H3/t30-/m1/s1. The molecule has 3 aliphatic rings. The predicted molar refractivity (Wildman–Crippen MR) is 167 cm³/mol. The number of allylic oxidation sites excluding steroid dienone is 1. The van der Waals surface area contributed by atoms with Crippen molar-refractivity contribution in [2.24, 2.45) is 10.9 Å². The van der Waals surface area contributed by atoms with Crippen LogP contribution in [0.25, 0.3) is 0 Å². The molecule has 0 spiro atoms. The van der Waals surface area contributed by atoms with Crippen molar-refractivity contribution in [2.75, 3.05) is 40.0 Å². The third-order valence-electron chi connectivity index (χ3n) is 7.69. The van der Waals surface area contributed by atoms with Crippen molar-refractivity contribution in [3.63, 3.8) is 0 Å². The second-order valence-corrected chi connectivity index (χ2v) is 11.4. The molecule has 0 bridgehead atoms. The average molecular weight is 620 g/mol. The average Bonchev–Trinajstić information content (AvgIpc) is 3.42. The number of fused-ring (bicyclic) bond motifs is 1. The molecule has 1 amide bonds. The van der Waals surface area contributed by atoms with Gasteiger partial charge in [-0.1, -0.05) is 42.1 Å². The van der Waals surface area contributed by atoms with Crippen LogP contribution in [0.5, 0.6) is 11.5 Å². The van der Waals surface area contributed by atoms with E-state index in [0.717, 1.165) is 11.3 Å². The van der Waals surface area contributed by atoms with Gasteiger partial charge in [-0.05, 0) is 61.9 Å². The Morgan fingerprint density at radius 3 is 2.45 bits per heavy atom. The van der Waals surface area contributed by atoms with Crippen LogP contribution < -0.4 is 4.74 Å². The summed E-state index contributed by atoms with van der Waals surface area (Å²) in [6.07, 6.45) is 1.27. The molecule has 0 saturated carbocycles. The van der Waals surface area contributed by atoms with Crippen molar-refractivity contribution in [3.8, 4) is 11.5 Å². The Morgan fingerprint density at radius 2 is 1.73 bits per heavy atom. The van der Waals surface area contributed by atoms with Crippen molar-refractivity contribution in [2.45, 2.75) is 39.2 Å². The third-order valence-corrected chi connectivity index (χ3v) is 8.58. The van der Waals surface area contributed by atoms with Gasteiger partial charge in [0.2, 0.25) is 5.91 Å². The number of hydrogen-bond donors (Lipinski definition) is 0. The Balaban J connectivity index is 1.40. The number of likely N-dealkylation sites (tertiary alicyclic amines) is 1. The lowest BCUT2D eigenvalue weighted by Crippen LogP contribution is -2.42. The fourth-order valence-electron chi connectivity index (χ4n) is 5.51. The van der Waals surface area contributed by atoms with Gasteiger partial charge in [0.15, 0.2) is 5.17 Å². The monoisotopic (exact) mass is 619 g/mol. The van der Waals surface area contributed by atoms with Crippen LogP contribution in [0.3, 0.4) is 0 Å². The molecule has 0 aliphatic carbocycles. The number of ether oxygens (including phenoxy) is 4. The fourth-order valence-corrected chi connectivity index (χ4v) is 6.47. The number of carbonyl (C=O) groups excluding carboxylic acids is 3. The highest BCUT2D eigenvalue weighted by atomic mass is 32.2. The zero-order valence-corrected chi connectivity index (χ0v) is 26.0. The Kier molecular flexibility index (Phi) is 10.4. The summed E-state index contributed by atoms with van der Waals surface area (Å²) in [5, 5.41) is 2.60. The predicted octanol–water partition coefficient (Wildman–Crippen LogP) is 5.44. The maximum atomic E-state index is 13.5. The van der Waals surface area contributed by atoms with Crippen LogP contribution in [0.2, 0.25) is 0 Å². The molecule has 0 aromatic heterocycles. The van der Waals surface area contributed by atoms with Crippen molar-refractivity contribution < 1.29 is 33.3 Å². The summed E-state index contributed by atoms with van der Waals surface area (Å²) in [7, 11) is 1.55. The molecule has 232 valence electrons. The first-order chi connectivity index (χ1) is 21.4. The van der Waals surface area contributed by atoms with Crippen LogP contribution in [0.15, 0.2) is 82.0 Å². The molecule has 2 aromatic rings. The molecule has 3 aliphatic heterocycles. The summed E-state index contributed by atoms with van der Waals surface area (Å²) in [4.78, 5) is 47.8. The quantitative estimate of drug-likeness (QED) is 0.240. The molecule has 3 heterocycles. The summed E-state index contributed by atoms with van der Waals surface area (Å²) in [6, 6.07) is 16.5. The maximum Gasteiger partial charge on any atom is 0.338 e. The molecule has 0 radical (unpaired) electrons. The van der Waals surface area contributed by atoms with Gasteiger partial charge in [0.25, 0.3) is 0 Å². The summed E-state index contributed by atoms with van der Waals surface area (Å²) in [5.74, 6) is 0.380. The van der Waals surface area contributed by atoms with E-state index in [1.165, 1.54) is 11.8 Å². The van der Waals surface area contributed by atoms with Gasteiger partial charge >= 0.3 is 11.9 Å². The van der Waals surface area contributed by atoms with Crippen LogP contribution in [0.1, 0.15) is 44.7 Å². The van der Waals surface area contributed by atoms with Gasteiger partial charge in [0, 0.05) is 25.9 Å². The molecule has 0 unspecified atom stereocenters. The smallest absolute Gasteiger partial charge is 0.338 e. The van der Waals surface area contributed by atoms with E-state index in [1.807, 2.05) is 64.9 Å². The lowest BCUT2D eigenvalue weighted by atomic mass is 9.93. The normalized spacial score (nSPS) is 18.4. The molecule has 1 saturated heterocycles. The van der Waals surface area contributed by atoms with E-state index in [1.54, 1.807) is 25.9 Å². The number of hydrogen-bond acceptors (Lipinski definition) is 10. The zero-order valence-electron chi connectivity index (χ0n) is 25.2. The summed E-state index contributed by atoms with van der Waals surface area (Å²) in [6.45, 7) is 5.29. The first-order valence-electron chi connectivity index (χ1n) is 14.8. The minimum atomic E-state index is -0.597. The molecule has 44 heavy (non-hydrogen) atoms. The number of aliphatic imine (C=N–C) groups is 1. The Labute approximate surface area is 261 Å². The number of carbonyl (C=O) groups is 3. The fraction of sp³-hybridized carbons (Fsp3) is 0.394. The molecule has 1 atom stereocenters. The van der Waals surface area contributed by atoms with Crippen LogP contribution in [-0.2, 0) is 28.6 Å². The first-order valence-corrected chi connectivity index (χ1v) is 15.6. The van der Waals surface area contributed by atoms with Crippen molar-refractivity contribution in [1.82, 2.24) is 9.80 Å². The van der Waals surface area contributed by atoms with E-state index in [2.05, 4.69) is 0 Å². The van der Waals surface area contributed by atoms with E-state index < -0.39 is 12.0 Å². The van der Waals surface area contributed by atoms with E-state index in [4.69, 9.17) is 23.9 Å². The molecule has 0 N–H and O–H groups in total. The highest BCUT2D eigenvalue weighted by Gasteiger charge is 2.42. The number of amides is 1.